The topological polar surface area (TPSA) is 76.0 Å². The fourth-order valence-corrected chi connectivity index (χ4v) is 4.26. The first-order valence-electron chi connectivity index (χ1n) is 6.28. The Balaban J connectivity index is 2.19. The molecule has 0 saturated carbocycles. The monoisotopic (exact) mass is 312 g/mol. The summed E-state index contributed by atoms with van der Waals surface area (Å²) in [5.74, 6) is 0.983. The summed E-state index contributed by atoms with van der Waals surface area (Å²) in [6.45, 7) is 0.734. The fraction of sp³-hybridized carbons (Fsp3) is 0.417. The highest BCUT2D eigenvalue weighted by Crippen LogP contribution is 2.37. The Hall–Kier alpha value is -1.54. The van der Waals surface area contributed by atoms with Gasteiger partial charge in [-0.25, -0.2) is 13.1 Å². The normalized spacial score (nSPS) is 18.4. The van der Waals surface area contributed by atoms with Gasteiger partial charge in [-0.2, -0.15) is 16.4 Å². The second-order valence-corrected chi connectivity index (χ2v) is 7.51. The van der Waals surface area contributed by atoms with Crippen LogP contribution in [0.5, 0.6) is 0 Å². The number of aromatic nitrogens is 2. The number of thiophene rings is 1. The predicted octanol–water partition coefficient (Wildman–Crippen LogP) is 1.79. The Morgan fingerprint density at radius 1 is 1.55 bits per heavy atom. The van der Waals surface area contributed by atoms with Crippen LogP contribution in [-0.4, -0.2) is 38.0 Å². The van der Waals surface area contributed by atoms with Gasteiger partial charge in [-0.15, -0.1) is 0 Å². The van der Waals surface area contributed by atoms with E-state index in [4.69, 9.17) is 0 Å². The maximum Gasteiger partial charge on any atom is 0.182 e. The van der Waals surface area contributed by atoms with Crippen molar-refractivity contribution in [2.75, 3.05) is 30.5 Å². The first kappa shape index (κ1) is 13.4. The smallest absolute Gasteiger partial charge is 0.182 e. The van der Waals surface area contributed by atoms with Crippen molar-refractivity contribution in [1.82, 2.24) is 9.78 Å². The molecule has 2 aromatic rings. The summed E-state index contributed by atoms with van der Waals surface area (Å²) >= 11 is 1.63. The Labute approximate surface area is 121 Å². The number of hydrogen-bond acceptors (Lipinski definition) is 6. The zero-order chi connectivity index (χ0) is 14.3. The molecule has 0 spiro atoms. The van der Waals surface area contributed by atoms with Crippen LogP contribution in [0.3, 0.4) is 0 Å². The largest absolute Gasteiger partial charge is 0.371 e. The van der Waals surface area contributed by atoms with Crippen LogP contribution < -0.4 is 10.6 Å². The lowest BCUT2D eigenvalue weighted by atomic mass is 10.1. The molecular weight excluding hydrogens is 296 g/mol. The molecule has 3 rings (SSSR count). The molecule has 1 atom stereocenters. The molecule has 1 aliphatic rings. The fourth-order valence-electron chi connectivity index (χ4n) is 2.54. The third-order valence-electron chi connectivity index (χ3n) is 3.41. The van der Waals surface area contributed by atoms with E-state index in [0.717, 1.165) is 13.0 Å². The number of fused-ring (bicyclic) bond motifs is 1. The molecule has 0 aliphatic carbocycles. The average molecular weight is 312 g/mol. The zero-order valence-corrected chi connectivity index (χ0v) is 12.9. The second-order valence-electron chi connectivity index (χ2n) is 4.78. The molecule has 0 fully saturated rings. The molecule has 0 aromatic carbocycles. The summed E-state index contributed by atoms with van der Waals surface area (Å²) in [5, 5.41) is 14.6. The van der Waals surface area contributed by atoms with Crippen LogP contribution >= 0.6 is 11.3 Å². The summed E-state index contributed by atoms with van der Waals surface area (Å²) in [5.41, 5.74) is 1.17. The van der Waals surface area contributed by atoms with Gasteiger partial charge in [0.05, 0.1) is 6.04 Å². The predicted molar refractivity (Wildman–Crippen MR) is 80.4 cm³/mol. The highest BCUT2D eigenvalue weighted by atomic mass is 32.2. The van der Waals surface area contributed by atoms with Gasteiger partial charge in [-0.1, -0.05) is 0 Å². The van der Waals surface area contributed by atoms with Gasteiger partial charge in [0, 0.05) is 19.8 Å². The number of sulfone groups is 1. The van der Waals surface area contributed by atoms with E-state index in [9.17, 15) is 8.42 Å². The third-order valence-corrected chi connectivity index (χ3v) is 5.24. The zero-order valence-electron chi connectivity index (χ0n) is 11.3. The van der Waals surface area contributed by atoms with E-state index in [-0.39, 0.29) is 10.9 Å². The number of nitrogens with one attached hydrogen (secondary N) is 2. The standard InChI is InChI=1S/C12H16N4O2S2/c1-13-11-10(20(2,17)18)12-14-5-3-9(16(12)15-11)8-4-6-19-7-8/h4,6-7,9,14H,3,5H2,1-2H3,(H,13,15). The van der Waals surface area contributed by atoms with Gasteiger partial charge in [0.15, 0.2) is 20.6 Å². The summed E-state index contributed by atoms with van der Waals surface area (Å²) < 4.78 is 25.8. The van der Waals surface area contributed by atoms with Crippen LogP contribution in [0.15, 0.2) is 21.7 Å². The Bertz CT molecular complexity index is 719. The van der Waals surface area contributed by atoms with E-state index in [1.54, 1.807) is 23.1 Å². The lowest BCUT2D eigenvalue weighted by Crippen LogP contribution is -2.24. The quantitative estimate of drug-likeness (QED) is 0.904. The van der Waals surface area contributed by atoms with Crippen molar-refractivity contribution >= 4 is 32.8 Å². The van der Waals surface area contributed by atoms with Crippen LogP contribution in [-0.2, 0) is 9.84 Å². The van der Waals surface area contributed by atoms with Crippen molar-refractivity contribution < 1.29 is 8.42 Å². The second kappa shape index (κ2) is 4.78. The van der Waals surface area contributed by atoms with Gasteiger partial charge in [-0.05, 0) is 28.8 Å². The van der Waals surface area contributed by atoms with E-state index in [0.29, 0.717) is 11.6 Å². The number of rotatable bonds is 3. The number of nitrogens with zero attached hydrogens (tertiary/aromatic N) is 2. The van der Waals surface area contributed by atoms with Gasteiger partial charge in [0.25, 0.3) is 0 Å². The Morgan fingerprint density at radius 2 is 2.35 bits per heavy atom. The molecule has 6 nitrogen and oxygen atoms in total. The molecule has 3 heterocycles. The van der Waals surface area contributed by atoms with E-state index in [2.05, 4.69) is 27.2 Å². The van der Waals surface area contributed by atoms with Crippen LogP contribution in [0.1, 0.15) is 18.0 Å². The lowest BCUT2D eigenvalue weighted by Gasteiger charge is -2.25. The molecular formula is C12H16N4O2S2. The van der Waals surface area contributed by atoms with Gasteiger partial charge >= 0.3 is 0 Å². The van der Waals surface area contributed by atoms with E-state index < -0.39 is 9.84 Å². The SMILES string of the molecule is CNc1nn2c(c1S(C)(=O)=O)NCCC2c1ccsc1. The molecule has 0 amide bonds. The third kappa shape index (κ3) is 2.08. The van der Waals surface area contributed by atoms with Crippen molar-refractivity contribution in [2.24, 2.45) is 0 Å². The van der Waals surface area contributed by atoms with Crippen molar-refractivity contribution in [3.63, 3.8) is 0 Å². The van der Waals surface area contributed by atoms with Crippen LogP contribution in [0.25, 0.3) is 0 Å². The first-order chi connectivity index (χ1) is 9.52. The van der Waals surface area contributed by atoms with E-state index >= 15 is 0 Å². The Kier molecular flexibility index (Phi) is 3.21. The van der Waals surface area contributed by atoms with Crippen LogP contribution in [0, 0.1) is 0 Å². The van der Waals surface area contributed by atoms with Crippen molar-refractivity contribution in [1.29, 1.82) is 0 Å². The molecule has 108 valence electrons. The number of anilines is 2. The first-order valence-corrected chi connectivity index (χ1v) is 9.12. The number of hydrogen-bond donors (Lipinski definition) is 2. The molecule has 2 N–H and O–H groups in total. The molecule has 20 heavy (non-hydrogen) atoms. The summed E-state index contributed by atoms with van der Waals surface area (Å²) in [4.78, 5) is 0.250. The minimum atomic E-state index is -3.34. The minimum absolute atomic E-state index is 0.0834. The molecule has 0 saturated heterocycles. The molecule has 2 aromatic heterocycles. The van der Waals surface area contributed by atoms with E-state index in [1.807, 2.05) is 5.38 Å². The molecule has 0 bridgehead atoms. The Morgan fingerprint density at radius 3 is 2.95 bits per heavy atom. The summed E-state index contributed by atoms with van der Waals surface area (Å²) in [7, 11) is -1.66. The van der Waals surface area contributed by atoms with Crippen molar-refractivity contribution in [3.8, 4) is 0 Å². The average Bonchev–Trinajstić information content (AvgIpc) is 3.03. The highest BCUT2D eigenvalue weighted by molar-refractivity contribution is 7.91. The molecule has 1 aliphatic heterocycles. The minimum Gasteiger partial charge on any atom is -0.371 e. The summed E-state index contributed by atoms with van der Waals surface area (Å²) in [6.07, 6.45) is 2.10. The molecule has 1 unspecified atom stereocenters. The molecule has 8 heteroatoms. The van der Waals surface area contributed by atoms with Gasteiger partial charge in [0.1, 0.15) is 5.82 Å². The van der Waals surface area contributed by atoms with Gasteiger partial charge in [-0.3, -0.25) is 0 Å². The summed E-state index contributed by atoms with van der Waals surface area (Å²) in [6, 6.07) is 2.14. The lowest BCUT2D eigenvalue weighted by molar-refractivity contribution is 0.482. The van der Waals surface area contributed by atoms with Crippen LogP contribution in [0.4, 0.5) is 11.6 Å². The molecule has 0 radical (unpaired) electrons. The van der Waals surface area contributed by atoms with E-state index in [1.165, 1.54) is 11.8 Å². The van der Waals surface area contributed by atoms with Crippen molar-refractivity contribution in [2.45, 2.75) is 17.4 Å². The van der Waals surface area contributed by atoms with Crippen molar-refractivity contribution in [3.05, 3.63) is 22.4 Å². The maximum atomic E-state index is 12.0. The van der Waals surface area contributed by atoms with Crippen LogP contribution in [0.2, 0.25) is 0 Å². The highest BCUT2D eigenvalue weighted by Gasteiger charge is 2.31. The van der Waals surface area contributed by atoms with Gasteiger partial charge in [0.2, 0.25) is 0 Å². The van der Waals surface area contributed by atoms with Gasteiger partial charge < -0.3 is 10.6 Å². The maximum absolute atomic E-state index is 12.0.